The molecule has 1 aliphatic carbocycles. The first-order valence-corrected chi connectivity index (χ1v) is 6.63. The van der Waals surface area contributed by atoms with Gasteiger partial charge in [0.15, 0.2) is 0 Å². The summed E-state index contributed by atoms with van der Waals surface area (Å²) >= 11 is 9.46. The monoisotopic (exact) mass is 300 g/mol. The van der Waals surface area contributed by atoms with Gasteiger partial charge in [-0.3, -0.25) is 0 Å². The van der Waals surface area contributed by atoms with Gasteiger partial charge in [0.05, 0.1) is 10.7 Å². The molecule has 0 radical (unpaired) electrons. The normalized spacial score (nSPS) is 18.0. The fraction of sp³-hybridized carbons (Fsp3) is 0.417. The number of halogens is 2. The van der Waals surface area contributed by atoms with Crippen molar-refractivity contribution in [1.82, 2.24) is 0 Å². The number of benzene rings is 1. The van der Waals surface area contributed by atoms with Gasteiger partial charge in [-0.2, -0.15) is 0 Å². The summed E-state index contributed by atoms with van der Waals surface area (Å²) in [4.78, 5) is 4.43. The van der Waals surface area contributed by atoms with Gasteiger partial charge in [0, 0.05) is 10.4 Å². The Bertz CT molecular complexity index is 411. The van der Waals surface area contributed by atoms with Gasteiger partial charge < -0.3 is 5.73 Å². The van der Waals surface area contributed by atoms with Crippen molar-refractivity contribution in [2.24, 2.45) is 16.6 Å². The first-order chi connectivity index (χ1) is 7.66. The molecule has 1 aromatic rings. The minimum atomic E-state index is 0.440. The zero-order chi connectivity index (χ0) is 11.5. The van der Waals surface area contributed by atoms with Gasteiger partial charge >= 0.3 is 0 Å². The molecule has 86 valence electrons. The van der Waals surface area contributed by atoms with Gasteiger partial charge in [-0.25, -0.2) is 4.99 Å². The molecule has 1 aliphatic rings. The van der Waals surface area contributed by atoms with Gasteiger partial charge in [0.25, 0.3) is 0 Å². The summed E-state index contributed by atoms with van der Waals surface area (Å²) in [7, 11) is 0. The second kappa shape index (κ2) is 5.19. The van der Waals surface area contributed by atoms with E-state index in [2.05, 4.69) is 20.9 Å². The Morgan fingerprint density at radius 1 is 1.38 bits per heavy atom. The molecular weight excluding hydrogens is 288 g/mol. The fourth-order valence-corrected chi connectivity index (χ4v) is 2.53. The van der Waals surface area contributed by atoms with E-state index in [0.29, 0.717) is 10.9 Å². The smallest absolute Gasteiger partial charge is 0.103 e. The van der Waals surface area contributed by atoms with Crippen LogP contribution in [-0.2, 0) is 0 Å². The van der Waals surface area contributed by atoms with E-state index in [1.54, 1.807) is 0 Å². The molecule has 4 heteroatoms. The highest BCUT2D eigenvalue weighted by Crippen LogP contribution is 2.31. The minimum absolute atomic E-state index is 0.440. The number of hydrogen-bond donors (Lipinski definition) is 1. The van der Waals surface area contributed by atoms with Crippen molar-refractivity contribution in [3.63, 3.8) is 0 Å². The second-order valence-electron chi connectivity index (χ2n) is 4.11. The highest BCUT2D eigenvalue weighted by atomic mass is 79.9. The van der Waals surface area contributed by atoms with Gasteiger partial charge in [0.1, 0.15) is 5.84 Å². The van der Waals surface area contributed by atoms with Crippen LogP contribution in [0.2, 0.25) is 5.02 Å². The van der Waals surface area contributed by atoms with Gasteiger partial charge in [-0.1, -0.05) is 40.4 Å². The number of nitrogens with two attached hydrogens (primary N) is 1. The van der Waals surface area contributed by atoms with Gasteiger partial charge in [-0.05, 0) is 31.0 Å². The van der Waals surface area contributed by atoms with E-state index >= 15 is 0 Å². The summed E-state index contributed by atoms with van der Waals surface area (Å²) in [5.74, 6) is 1.16. The van der Waals surface area contributed by atoms with Crippen LogP contribution < -0.4 is 5.73 Å². The summed E-state index contributed by atoms with van der Waals surface area (Å²) in [6, 6.07) is 5.61. The molecule has 0 heterocycles. The first-order valence-electron chi connectivity index (χ1n) is 5.46. The van der Waals surface area contributed by atoms with Crippen molar-refractivity contribution in [2.75, 3.05) is 0 Å². The Morgan fingerprint density at radius 2 is 2.06 bits per heavy atom. The summed E-state index contributed by atoms with van der Waals surface area (Å²) in [5.41, 5.74) is 6.76. The number of hydrogen-bond acceptors (Lipinski definition) is 1. The van der Waals surface area contributed by atoms with Crippen LogP contribution in [0.1, 0.15) is 25.7 Å². The Morgan fingerprint density at radius 3 is 2.75 bits per heavy atom. The van der Waals surface area contributed by atoms with Crippen LogP contribution in [0.3, 0.4) is 0 Å². The van der Waals surface area contributed by atoms with Crippen molar-refractivity contribution in [3.05, 3.63) is 27.7 Å². The topological polar surface area (TPSA) is 38.4 Å². The van der Waals surface area contributed by atoms with E-state index in [9.17, 15) is 0 Å². The number of aliphatic imine (C=N–C) groups is 1. The van der Waals surface area contributed by atoms with Crippen molar-refractivity contribution in [1.29, 1.82) is 0 Å². The van der Waals surface area contributed by atoms with Crippen molar-refractivity contribution in [3.8, 4) is 0 Å². The molecular formula is C12H14BrClN2. The van der Waals surface area contributed by atoms with Crippen LogP contribution in [-0.4, -0.2) is 5.84 Å². The molecule has 0 atom stereocenters. The van der Waals surface area contributed by atoms with E-state index in [-0.39, 0.29) is 0 Å². The fourth-order valence-electron chi connectivity index (χ4n) is 2.02. The highest BCUT2D eigenvalue weighted by Gasteiger charge is 2.18. The zero-order valence-corrected chi connectivity index (χ0v) is 11.3. The third kappa shape index (κ3) is 2.77. The maximum atomic E-state index is 6.06. The molecule has 1 fully saturated rings. The third-order valence-electron chi connectivity index (χ3n) is 2.93. The van der Waals surface area contributed by atoms with Crippen molar-refractivity contribution in [2.45, 2.75) is 25.7 Å². The quantitative estimate of drug-likeness (QED) is 0.642. The molecule has 0 aliphatic heterocycles. The number of nitrogens with zero attached hydrogens (tertiary/aromatic N) is 1. The summed E-state index contributed by atoms with van der Waals surface area (Å²) in [6.07, 6.45) is 4.82. The Labute approximate surface area is 109 Å². The standard InChI is InChI=1S/C12H14BrClN2/c13-9-5-6-10(14)11(7-9)16-12(15)8-3-1-2-4-8/h5-8H,1-4H2,(H2,15,16). The molecule has 2 N–H and O–H groups in total. The van der Waals surface area contributed by atoms with Crippen molar-refractivity contribution < 1.29 is 0 Å². The lowest BCUT2D eigenvalue weighted by atomic mass is 10.1. The van der Waals surface area contributed by atoms with Crippen LogP contribution in [0, 0.1) is 5.92 Å². The lowest BCUT2D eigenvalue weighted by Crippen LogP contribution is -2.20. The molecule has 16 heavy (non-hydrogen) atoms. The van der Waals surface area contributed by atoms with Crippen molar-refractivity contribution >= 4 is 39.1 Å². The maximum absolute atomic E-state index is 6.06. The van der Waals surface area contributed by atoms with Crippen LogP contribution >= 0.6 is 27.5 Å². The van der Waals surface area contributed by atoms with Gasteiger partial charge in [0.2, 0.25) is 0 Å². The largest absolute Gasteiger partial charge is 0.387 e. The predicted molar refractivity (Wildman–Crippen MR) is 72.4 cm³/mol. The Kier molecular flexibility index (Phi) is 3.87. The average Bonchev–Trinajstić information content (AvgIpc) is 2.76. The Hall–Kier alpha value is -0.540. The Balaban J connectivity index is 2.23. The predicted octanol–water partition coefficient (Wildman–Crippen LogP) is 4.28. The maximum Gasteiger partial charge on any atom is 0.103 e. The molecule has 1 aromatic carbocycles. The average molecular weight is 302 g/mol. The molecule has 1 saturated carbocycles. The minimum Gasteiger partial charge on any atom is -0.387 e. The van der Waals surface area contributed by atoms with Crippen LogP contribution in [0.15, 0.2) is 27.7 Å². The van der Waals surface area contributed by atoms with E-state index in [0.717, 1.165) is 28.8 Å². The lowest BCUT2D eigenvalue weighted by Gasteiger charge is -2.08. The number of amidine groups is 1. The molecule has 2 rings (SSSR count). The SMILES string of the molecule is NC(=Nc1cc(Br)ccc1Cl)C1CCCC1. The van der Waals surface area contributed by atoms with E-state index < -0.39 is 0 Å². The van der Waals surface area contributed by atoms with Crippen LogP contribution in [0.4, 0.5) is 5.69 Å². The molecule has 0 saturated heterocycles. The highest BCUT2D eigenvalue weighted by molar-refractivity contribution is 9.10. The van der Waals surface area contributed by atoms with Crippen LogP contribution in [0.5, 0.6) is 0 Å². The van der Waals surface area contributed by atoms with E-state index in [1.807, 2.05) is 18.2 Å². The number of rotatable bonds is 2. The molecule has 0 amide bonds. The molecule has 0 bridgehead atoms. The van der Waals surface area contributed by atoms with E-state index in [1.165, 1.54) is 12.8 Å². The third-order valence-corrected chi connectivity index (χ3v) is 3.74. The second-order valence-corrected chi connectivity index (χ2v) is 5.44. The summed E-state index contributed by atoms with van der Waals surface area (Å²) in [5, 5.41) is 0.643. The first kappa shape index (κ1) is 11.9. The zero-order valence-electron chi connectivity index (χ0n) is 8.92. The summed E-state index contributed by atoms with van der Waals surface area (Å²) < 4.78 is 0.967. The molecule has 2 nitrogen and oxygen atoms in total. The molecule has 0 aromatic heterocycles. The lowest BCUT2D eigenvalue weighted by molar-refractivity contribution is 0.722. The van der Waals surface area contributed by atoms with E-state index in [4.69, 9.17) is 17.3 Å². The molecule has 0 spiro atoms. The summed E-state index contributed by atoms with van der Waals surface area (Å²) in [6.45, 7) is 0. The van der Waals surface area contributed by atoms with Gasteiger partial charge in [-0.15, -0.1) is 0 Å². The molecule has 0 unspecified atom stereocenters. The van der Waals surface area contributed by atoms with Crippen LogP contribution in [0.25, 0.3) is 0 Å².